The number of carbonyl (C=O) groups is 1. The van der Waals surface area contributed by atoms with E-state index in [0.717, 1.165) is 40.4 Å². The number of hydrogen-bond acceptors (Lipinski definition) is 5. The summed E-state index contributed by atoms with van der Waals surface area (Å²) in [5.41, 5.74) is 4.21. The van der Waals surface area contributed by atoms with Crippen LogP contribution in [0.1, 0.15) is 57.6 Å². The van der Waals surface area contributed by atoms with E-state index < -0.39 is 5.97 Å². The molecule has 208 valence electrons. The van der Waals surface area contributed by atoms with Gasteiger partial charge in [-0.05, 0) is 55.4 Å². The van der Waals surface area contributed by atoms with Crippen LogP contribution in [0.25, 0.3) is 5.57 Å². The minimum Gasteiger partial charge on any atom is -0.481 e. The summed E-state index contributed by atoms with van der Waals surface area (Å²) in [5, 5.41) is 16.9. The number of nitrogens with zero attached hydrogens (tertiary/aromatic N) is 2. The Hall–Kier alpha value is -3.08. The van der Waals surface area contributed by atoms with Crippen LogP contribution in [0, 0.1) is 29.6 Å². The summed E-state index contributed by atoms with van der Waals surface area (Å²) >= 11 is 7.98. The molecule has 0 spiro atoms. The van der Waals surface area contributed by atoms with E-state index in [1.165, 1.54) is 5.57 Å². The fraction of sp³-hybridized carbons (Fsp3) is 0.419. The molecule has 0 radical (unpaired) electrons. The quantitative estimate of drug-likeness (QED) is 0.146. The van der Waals surface area contributed by atoms with Crippen LogP contribution in [-0.4, -0.2) is 34.1 Å². The largest absolute Gasteiger partial charge is 0.481 e. The number of amidine groups is 1. The van der Waals surface area contributed by atoms with E-state index in [-0.39, 0.29) is 23.1 Å². The van der Waals surface area contributed by atoms with Gasteiger partial charge in [-0.15, -0.1) is 36.2 Å². The second-order valence-electron chi connectivity index (χ2n) is 9.57. The molecular weight excluding hydrogens is 530 g/mol. The maximum Gasteiger partial charge on any atom is 0.306 e. The van der Waals surface area contributed by atoms with E-state index in [1.807, 2.05) is 44.2 Å². The number of hydrogen-bond donors (Lipinski definition) is 2. The number of carboxylic acid groups (broad SMARTS) is 1. The molecule has 0 saturated heterocycles. The van der Waals surface area contributed by atoms with E-state index in [2.05, 4.69) is 54.6 Å². The van der Waals surface area contributed by atoms with Crippen LogP contribution in [0.4, 0.5) is 0 Å². The van der Waals surface area contributed by atoms with Gasteiger partial charge in [-0.2, -0.15) is 4.91 Å². The number of aliphatic carboxylic acids is 1. The fourth-order valence-electron chi connectivity index (χ4n) is 4.32. The van der Waals surface area contributed by atoms with E-state index in [0.29, 0.717) is 25.3 Å². The summed E-state index contributed by atoms with van der Waals surface area (Å²) in [6.45, 7) is 6.85. The third kappa shape index (κ3) is 10.5. The number of aliphatic imine (C=N–C) groups is 1. The van der Waals surface area contributed by atoms with Gasteiger partial charge < -0.3 is 10.4 Å². The topological polar surface area (TPSA) is 91.1 Å². The van der Waals surface area contributed by atoms with Gasteiger partial charge in [0.05, 0.1) is 10.9 Å². The van der Waals surface area contributed by atoms with Crippen molar-refractivity contribution < 1.29 is 9.90 Å². The standard InChI is InChI=1S/C29H36ClN3O3S.C2H2/c1-4-23(29(34)35)10-5-20(3)37-27-16-26(15-19(2)30)28(33-27)31-17-21-6-11-24(12-7-21)25-13-8-22(9-14-25)18-32-36;1-2/h6,8-9,11-16,19-21,23H,4-5,7,10,17-18H2,1-3H3,(H,31,33)(H,34,35);1-2H/b26-15-;/t19?,20?,21?,23-;/m1./s1. The number of halogens is 1. The van der Waals surface area contributed by atoms with Gasteiger partial charge in [0.25, 0.3) is 0 Å². The predicted molar refractivity (Wildman–Crippen MR) is 166 cm³/mol. The van der Waals surface area contributed by atoms with Crippen molar-refractivity contribution in [2.75, 3.05) is 6.54 Å². The zero-order valence-electron chi connectivity index (χ0n) is 22.8. The van der Waals surface area contributed by atoms with E-state index in [4.69, 9.17) is 16.6 Å². The highest BCUT2D eigenvalue weighted by atomic mass is 35.5. The zero-order valence-corrected chi connectivity index (χ0v) is 24.4. The Morgan fingerprint density at radius 3 is 2.54 bits per heavy atom. The molecule has 0 bridgehead atoms. The Kier molecular flexibility index (Phi) is 13.8. The molecule has 6 nitrogen and oxygen atoms in total. The highest BCUT2D eigenvalue weighted by Crippen LogP contribution is 2.30. The van der Waals surface area contributed by atoms with Gasteiger partial charge in [-0.3, -0.25) is 9.79 Å². The van der Waals surface area contributed by atoms with Gasteiger partial charge >= 0.3 is 5.97 Å². The van der Waals surface area contributed by atoms with Gasteiger partial charge in [0.1, 0.15) is 12.4 Å². The van der Waals surface area contributed by atoms with Crippen molar-refractivity contribution in [3.63, 3.8) is 0 Å². The molecule has 3 rings (SSSR count). The molecule has 0 fully saturated rings. The number of thioether (sulfide) groups is 1. The Labute approximate surface area is 241 Å². The molecule has 2 N–H and O–H groups in total. The molecule has 4 atom stereocenters. The molecular formula is C31H38ClN3O3S. The molecule has 0 aromatic heterocycles. The monoisotopic (exact) mass is 567 g/mol. The Balaban J connectivity index is 0.00000260. The van der Waals surface area contributed by atoms with Crippen LogP contribution in [-0.2, 0) is 11.3 Å². The lowest BCUT2D eigenvalue weighted by molar-refractivity contribution is -0.142. The molecule has 0 saturated carbocycles. The van der Waals surface area contributed by atoms with Crippen LogP contribution in [0.3, 0.4) is 0 Å². The number of benzene rings is 1. The van der Waals surface area contributed by atoms with E-state index in [1.54, 1.807) is 11.8 Å². The van der Waals surface area contributed by atoms with Gasteiger partial charge in [0, 0.05) is 28.7 Å². The predicted octanol–water partition coefficient (Wildman–Crippen LogP) is 7.57. The molecule has 1 aromatic carbocycles. The van der Waals surface area contributed by atoms with Gasteiger partial charge in [0.2, 0.25) is 0 Å². The second kappa shape index (κ2) is 16.8. The summed E-state index contributed by atoms with van der Waals surface area (Å²) in [4.78, 5) is 26.7. The van der Waals surface area contributed by atoms with Crippen LogP contribution >= 0.6 is 23.4 Å². The lowest BCUT2D eigenvalue weighted by Gasteiger charge is -2.16. The number of nitrogens with one attached hydrogen (secondary N) is 1. The smallest absolute Gasteiger partial charge is 0.306 e. The van der Waals surface area contributed by atoms with Crippen molar-refractivity contribution in [1.29, 1.82) is 0 Å². The molecule has 1 aliphatic carbocycles. The maximum atomic E-state index is 11.3. The number of carboxylic acids is 1. The first-order valence-electron chi connectivity index (χ1n) is 13.2. The number of rotatable bonds is 13. The summed E-state index contributed by atoms with van der Waals surface area (Å²) < 4.78 is 0. The maximum absolute atomic E-state index is 11.3. The average Bonchev–Trinajstić information content (AvgIpc) is 3.29. The first kappa shape index (κ1) is 32.1. The molecule has 1 heterocycles. The molecule has 0 amide bonds. The van der Waals surface area contributed by atoms with Crippen LogP contribution in [0.5, 0.6) is 0 Å². The van der Waals surface area contributed by atoms with Gasteiger partial charge in [-0.1, -0.05) is 67.6 Å². The van der Waals surface area contributed by atoms with Crippen LogP contribution in [0.15, 0.2) is 75.4 Å². The van der Waals surface area contributed by atoms with Crippen molar-refractivity contribution in [2.45, 2.75) is 63.6 Å². The molecule has 3 unspecified atom stereocenters. The molecule has 1 aliphatic heterocycles. The highest BCUT2D eigenvalue weighted by Gasteiger charge is 2.22. The number of terminal acetylenes is 1. The van der Waals surface area contributed by atoms with Gasteiger partial charge in [0.15, 0.2) is 0 Å². The lowest BCUT2D eigenvalue weighted by Crippen LogP contribution is -2.20. The first-order chi connectivity index (χ1) is 18.8. The van der Waals surface area contributed by atoms with Crippen molar-refractivity contribution in [2.24, 2.45) is 22.0 Å². The minimum atomic E-state index is -0.711. The van der Waals surface area contributed by atoms with Crippen molar-refractivity contribution >= 4 is 40.7 Å². The van der Waals surface area contributed by atoms with Crippen molar-refractivity contribution in [3.05, 3.63) is 81.3 Å². The Morgan fingerprint density at radius 1 is 1.26 bits per heavy atom. The number of allylic oxidation sites excluding steroid dienone is 4. The molecule has 39 heavy (non-hydrogen) atoms. The Morgan fingerprint density at radius 2 is 1.97 bits per heavy atom. The van der Waals surface area contributed by atoms with Crippen LogP contribution in [0.2, 0.25) is 0 Å². The third-order valence-electron chi connectivity index (χ3n) is 6.51. The third-order valence-corrected chi connectivity index (χ3v) is 7.75. The number of alkyl halides is 1. The summed E-state index contributed by atoms with van der Waals surface area (Å²) in [5.74, 6) is 0.151. The SMILES string of the molecule is C#C.CC[C@H](CCC(C)SC1=C/C(=C/C(C)Cl)C(=NCC2C=CC(c3ccc(CN=O)cc3)=CC2)N1)C(=O)O. The average molecular weight is 568 g/mol. The summed E-state index contributed by atoms with van der Waals surface area (Å²) in [6.07, 6.45) is 21.8. The molecule has 1 aromatic rings. The van der Waals surface area contributed by atoms with E-state index >= 15 is 0 Å². The van der Waals surface area contributed by atoms with Gasteiger partial charge in [-0.25, -0.2) is 0 Å². The normalized spacial score (nSPS) is 20.7. The molecule has 2 aliphatic rings. The summed E-state index contributed by atoms with van der Waals surface area (Å²) in [6, 6.07) is 7.94. The number of nitroso groups, excluding NO2 is 1. The highest BCUT2D eigenvalue weighted by molar-refractivity contribution is 8.03. The minimum absolute atomic E-state index is 0.116. The Bertz CT molecular complexity index is 1150. The second-order valence-corrected chi connectivity index (χ2v) is 11.7. The van der Waals surface area contributed by atoms with Crippen molar-refractivity contribution in [1.82, 2.24) is 5.32 Å². The van der Waals surface area contributed by atoms with Crippen LogP contribution < -0.4 is 5.32 Å². The van der Waals surface area contributed by atoms with E-state index in [9.17, 15) is 14.8 Å². The fourth-order valence-corrected chi connectivity index (χ4v) is 5.49. The summed E-state index contributed by atoms with van der Waals surface area (Å²) in [7, 11) is 0. The van der Waals surface area contributed by atoms with Crippen molar-refractivity contribution in [3.8, 4) is 12.8 Å². The zero-order chi connectivity index (χ0) is 28.8. The first-order valence-corrected chi connectivity index (χ1v) is 14.5. The molecule has 8 heteroatoms. The lowest BCUT2D eigenvalue weighted by atomic mass is 9.92.